The summed E-state index contributed by atoms with van der Waals surface area (Å²) in [5, 5.41) is 10.5. The quantitative estimate of drug-likeness (QED) is 0.660. The largest absolute Gasteiger partial charge is 0.493 e. The molecule has 11 heteroatoms. The van der Waals surface area contributed by atoms with Gasteiger partial charge in [0.25, 0.3) is 11.1 Å². The molecule has 0 radical (unpaired) electrons. The third-order valence-corrected chi connectivity index (χ3v) is 4.69. The predicted octanol–water partition coefficient (Wildman–Crippen LogP) is 4.53. The number of halogens is 3. The lowest BCUT2D eigenvalue weighted by molar-refractivity contribution is -0.138. The maximum absolute atomic E-state index is 13.4. The molecule has 2 aromatic rings. The summed E-state index contributed by atoms with van der Waals surface area (Å²) in [6, 6.07) is 6.59. The lowest BCUT2D eigenvalue weighted by atomic mass is 10.1. The first-order valence-electron chi connectivity index (χ1n) is 8.14. The fourth-order valence-electron chi connectivity index (χ4n) is 2.52. The van der Waals surface area contributed by atoms with E-state index in [0.717, 1.165) is 12.1 Å². The number of rotatable bonds is 5. The Labute approximate surface area is 171 Å². The molecule has 0 aromatic heterocycles. The summed E-state index contributed by atoms with van der Waals surface area (Å²) in [5.74, 6) is -2.66. The van der Waals surface area contributed by atoms with Crippen LogP contribution in [0.4, 0.5) is 18.0 Å². The van der Waals surface area contributed by atoms with Crippen LogP contribution in [-0.2, 0) is 11.0 Å². The predicted molar refractivity (Wildman–Crippen MR) is 101 cm³/mol. The number of imide groups is 1. The number of hydrogen-bond acceptors (Lipinski definition) is 6. The number of thioether (sulfide) groups is 1. The molecule has 2 aromatic carbocycles. The van der Waals surface area contributed by atoms with Crippen molar-refractivity contribution in [2.24, 2.45) is 0 Å². The van der Waals surface area contributed by atoms with Gasteiger partial charge in [-0.1, -0.05) is 6.07 Å². The maximum atomic E-state index is 13.4. The smallest absolute Gasteiger partial charge is 0.420 e. The Morgan fingerprint density at radius 2 is 1.80 bits per heavy atom. The van der Waals surface area contributed by atoms with Gasteiger partial charge in [-0.15, -0.1) is 0 Å². The average molecular weight is 439 g/mol. The van der Waals surface area contributed by atoms with Crippen molar-refractivity contribution in [3.05, 3.63) is 58.0 Å². The molecule has 1 aliphatic rings. The van der Waals surface area contributed by atoms with Gasteiger partial charge in [0, 0.05) is 0 Å². The second-order valence-electron chi connectivity index (χ2n) is 5.88. The molecule has 0 saturated carbocycles. The van der Waals surface area contributed by atoms with Gasteiger partial charge in [0.05, 0.1) is 23.1 Å². The fourth-order valence-corrected chi connectivity index (χ4v) is 3.20. The minimum Gasteiger partial charge on any atom is -0.493 e. The van der Waals surface area contributed by atoms with Crippen LogP contribution in [0.15, 0.2) is 41.3 Å². The molecule has 2 N–H and O–H groups in total. The number of ether oxygens (including phenoxy) is 2. The van der Waals surface area contributed by atoms with Gasteiger partial charge < -0.3 is 14.6 Å². The van der Waals surface area contributed by atoms with Gasteiger partial charge in [-0.05, 0) is 53.7 Å². The van der Waals surface area contributed by atoms with Crippen molar-refractivity contribution in [3.63, 3.8) is 0 Å². The molecular weight excluding hydrogens is 427 g/mol. The zero-order valence-corrected chi connectivity index (χ0v) is 15.9. The SMILES string of the molecule is COc1cc(C=C2SC(=O)NC2=O)ccc1Oc1ccc(C(=O)O)cc1C(F)(F)F. The van der Waals surface area contributed by atoms with E-state index < -0.39 is 40.2 Å². The van der Waals surface area contributed by atoms with Gasteiger partial charge in [0.15, 0.2) is 11.5 Å². The summed E-state index contributed by atoms with van der Waals surface area (Å²) in [5.41, 5.74) is -1.34. The Morgan fingerprint density at radius 3 is 2.37 bits per heavy atom. The zero-order chi connectivity index (χ0) is 22.1. The molecule has 2 amide bonds. The number of aromatic carboxylic acids is 1. The van der Waals surface area contributed by atoms with Gasteiger partial charge in [-0.25, -0.2) is 4.79 Å². The first-order chi connectivity index (χ1) is 14.1. The number of alkyl halides is 3. The van der Waals surface area contributed by atoms with Gasteiger partial charge in [0.1, 0.15) is 5.75 Å². The Morgan fingerprint density at radius 1 is 1.10 bits per heavy atom. The van der Waals surface area contributed by atoms with Crippen molar-refractivity contribution >= 4 is 35.0 Å². The lowest BCUT2D eigenvalue weighted by Gasteiger charge is -2.16. The molecule has 0 spiro atoms. The molecule has 0 unspecified atom stereocenters. The van der Waals surface area contributed by atoms with E-state index in [9.17, 15) is 27.6 Å². The summed E-state index contributed by atoms with van der Waals surface area (Å²) in [6.07, 6.45) is -3.43. The Bertz CT molecular complexity index is 1080. The molecule has 30 heavy (non-hydrogen) atoms. The third-order valence-electron chi connectivity index (χ3n) is 3.88. The molecule has 0 atom stereocenters. The van der Waals surface area contributed by atoms with Crippen LogP contribution in [0.3, 0.4) is 0 Å². The van der Waals surface area contributed by atoms with Gasteiger partial charge in [0.2, 0.25) is 0 Å². The van der Waals surface area contributed by atoms with E-state index in [4.69, 9.17) is 14.6 Å². The van der Waals surface area contributed by atoms with Crippen LogP contribution in [0.25, 0.3) is 6.08 Å². The molecule has 1 saturated heterocycles. The van der Waals surface area contributed by atoms with Crippen LogP contribution in [0.5, 0.6) is 17.2 Å². The van der Waals surface area contributed by atoms with Crippen LogP contribution in [0, 0.1) is 0 Å². The topological polar surface area (TPSA) is 102 Å². The number of nitrogens with one attached hydrogen (secondary N) is 1. The van der Waals surface area contributed by atoms with E-state index in [-0.39, 0.29) is 16.4 Å². The lowest BCUT2D eigenvalue weighted by Crippen LogP contribution is -2.17. The Kier molecular flexibility index (Phi) is 5.74. The zero-order valence-electron chi connectivity index (χ0n) is 15.1. The van der Waals surface area contributed by atoms with Crippen molar-refractivity contribution in [3.8, 4) is 17.2 Å². The highest BCUT2D eigenvalue weighted by molar-refractivity contribution is 8.18. The number of carboxylic acids is 1. The number of amides is 2. The second-order valence-corrected chi connectivity index (χ2v) is 6.89. The Hall–Kier alpha value is -3.47. The van der Waals surface area contributed by atoms with E-state index in [2.05, 4.69) is 5.32 Å². The van der Waals surface area contributed by atoms with Crippen molar-refractivity contribution in [1.82, 2.24) is 5.32 Å². The van der Waals surface area contributed by atoms with Crippen molar-refractivity contribution in [2.45, 2.75) is 6.18 Å². The summed E-state index contributed by atoms with van der Waals surface area (Å²) in [7, 11) is 1.28. The third kappa shape index (κ3) is 4.57. The van der Waals surface area contributed by atoms with Crippen molar-refractivity contribution in [2.75, 3.05) is 7.11 Å². The van der Waals surface area contributed by atoms with E-state index in [1.807, 2.05) is 0 Å². The van der Waals surface area contributed by atoms with E-state index in [1.54, 1.807) is 0 Å². The van der Waals surface area contributed by atoms with Crippen LogP contribution in [-0.4, -0.2) is 29.3 Å². The summed E-state index contributed by atoms with van der Waals surface area (Å²) in [4.78, 5) is 34.0. The number of carbonyl (C=O) groups excluding carboxylic acids is 2. The second kappa shape index (κ2) is 8.11. The van der Waals surface area contributed by atoms with Crippen LogP contribution < -0.4 is 14.8 Å². The van der Waals surface area contributed by atoms with E-state index in [1.165, 1.54) is 31.4 Å². The number of carboxylic acid groups (broad SMARTS) is 1. The van der Waals surface area contributed by atoms with E-state index in [0.29, 0.717) is 23.4 Å². The number of methoxy groups -OCH3 is 1. The highest BCUT2D eigenvalue weighted by Crippen LogP contribution is 2.41. The van der Waals surface area contributed by atoms with Crippen LogP contribution >= 0.6 is 11.8 Å². The first kappa shape index (κ1) is 21.2. The highest BCUT2D eigenvalue weighted by atomic mass is 32.2. The number of carbonyl (C=O) groups is 3. The van der Waals surface area contributed by atoms with Gasteiger partial charge in [-0.2, -0.15) is 13.2 Å². The minimum absolute atomic E-state index is 0.0622. The van der Waals surface area contributed by atoms with E-state index >= 15 is 0 Å². The molecule has 0 bridgehead atoms. The van der Waals surface area contributed by atoms with Crippen molar-refractivity contribution in [1.29, 1.82) is 0 Å². The average Bonchev–Trinajstić information content (AvgIpc) is 2.99. The van der Waals surface area contributed by atoms with Crippen molar-refractivity contribution < 1.29 is 42.1 Å². The molecule has 7 nitrogen and oxygen atoms in total. The molecular formula is C19H12F3NO6S. The van der Waals surface area contributed by atoms with Crippen LogP contribution in [0.1, 0.15) is 21.5 Å². The first-order valence-corrected chi connectivity index (χ1v) is 8.95. The number of benzene rings is 2. The molecule has 1 fully saturated rings. The Balaban J connectivity index is 1.96. The molecule has 0 aliphatic carbocycles. The summed E-state index contributed by atoms with van der Waals surface area (Å²) in [6.45, 7) is 0. The molecule has 156 valence electrons. The van der Waals surface area contributed by atoms with Crippen LogP contribution in [0.2, 0.25) is 0 Å². The maximum Gasteiger partial charge on any atom is 0.420 e. The molecule has 1 heterocycles. The highest BCUT2D eigenvalue weighted by Gasteiger charge is 2.35. The fraction of sp³-hybridized carbons (Fsp3) is 0.105. The normalized spacial score (nSPS) is 15.3. The standard InChI is InChI=1S/C19H12F3NO6S/c1-28-14-6-9(7-15-16(24)23-18(27)30-15)2-4-13(14)29-12-5-3-10(17(25)26)8-11(12)19(20,21)22/h2-8H,1H3,(H,25,26)(H,23,24,27). The monoisotopic (exact) mass is 439 g/mol. The van der Waals surface area contributed by atoms with Gasteiger partial charge in [-0.3, -0.25) is 14.9 Å². The summed E-state index contributed by atoms with van der Waals surface area (Å²) >= 11 is 0.714. The van der Waals surface area contributed by atoms with Gasteiger partial charge >= 0.3 is 12.1 Å². The molecule has 1 aliphatic heterocycles. The number of hydrogen-bond donors (Lipinski definition) is 2. The molecule has 3 rings (SSSR count). The summed E-state index contributed by atoms with van der Waals surface area (Å²) < 4.78 is 50.6. The minimum atomic E-state index is -4.85.